The van der Waals surface area contributed by atoms with E-state index in [2.05, 4.69) is 21.8 Å². The van der Waals surface area contributed by atoms with Crippen LogP contribution < -0.4 is 10.9 Å². The first-order chi connectivity index (χ1) is 14.5. The fraction of sp³-hybridized carbons (Fsp3) is 0.300. The van der Waals surface area contributed by atoms with Crippen molar-refractivity contribution in [2.75, 3.05) is 19.7 Å². The molecule has 156 valence electrons. The molecule has 1 saturated heterocycles. The Balaban J connectivity index is 1.50. The van der Waals surface area contributed by atoms with Gasteiger partial charge >= 0.3 is 6.09 Å². The van der Waals surface area contributed by atoms with Crippen LogP contribution in [0.25, 0.3) is 0 Å². The number of likely N-dealkylation sites (tertiary alicyclic amines) is 1. The molecule has 3 rings (SSSR count). The summed E-state index contributed by atoms with van der Waals surface area (Å²) >= 11 is 7.24. The first-order valence-electron chi connectivity index (χ1n) is 9.14. The first kappa shape index (κ1) is 21.6. The van der Waals surface area contributed by atoms with Gasteiger partial charge in [0.1, 0.15) is 5.69 Å². The molecule has 2 N–H and O–H groups in total. The lowest BCUT2D eigenvalue weighted by atomic mass is 9.98. The quantitative estimate of drug-likeness (QED) is 0.555. The van der Waals surface area contributed by atoms with Crippen molar-refractivity contribution in [2.24, 2.45) is 0 Å². The van der Waals surface area contributed by atoms with Crippen molar-refractivity contribution in [1.82, 2.24) is 20.7 Å². The summed E-state index contributed by atoms with van der Waals surface area (Å²) in [6.07, 6.45) is 6.10. The van der Waals surface area contributed by atoms with Gasteiger partial charge < -0.3 is 9.64 Å². The SMILES string of the molecule is C#CCOC(=O)N1CCC(c2nc(C(=O)NNC(=O)c3cccc(Cl)c3)cs2)CC1. The van der Waals surface area contributed by atoms with Gasteiger partial charge in [-0.15, -0.1) is 17.8 Å². The summed E-state index contributed by atoms with van der Waals surface area (Å²) in [6, 6.07) is 6.38. The molecule has 0 spiro atoms. The summed E-state index contributed by atoms with van der Waals surface area (Å²) < 4.78 is 4.93. The second kappa shape index (κ2) is 10.1. The van der Waals surface area contributed by atoms with Crippen LogP contribution in [-0.2, 0) is 4.74 Å². The molecule has 0 aliphatic carbocycles. The van der Waals surface area contributed by atoms with E-state index >= 15 is 0 Å². The van der Waals surface area contributed by atoms with E-state index in [1.165, 1.54) is 17.4 Å². The van der Waals surface area contributed by atoms with Gasteiger partial charge in [0.15, 0.2) is 6.61 Å². The van der Waals surface area contributed by atoms with Crippen LogP contribution in [0.15, 0.2) is 29.6 Å². The van der Waals surface area contributed by atoms with Crippen LogP contribution >= 0.6 is 22.9 Å². The molecule has 10 heteroatoms. The van der Waals surface area contributed by atoms with Gasteiger partial charge in [-0.3, -0.25) is 20.4 Å². The van der Waals surface area contributed by atoms with Gasteiger partial charge in [-0.1, -0.05) is 23.6 Å². The lowest BCUT2D eigenvalue weighted by Crippen LogP contribution is -2.41. The zero-order chi connectivity index (χ0) is 21.5. The number of terminal acetylenes is 1. The molecule has 0 bridgehead atoms. The molecule has 1 aromatic carbocycles. The maximum absolute atomic E-state index is 12.3. The number of piperidine rings is 1. The Kier molecular flexibility index (Phi) is 7.27. The molecule has 0 unspecified atom stereocenters. The normalized spacial score (nSPS) is 13.9. The molecule has 1 aliphatic heterocycles. The minimum atomic E-state index is -0.511. The number of rotatable bonds is 4. The fourth-order valence-corrected chi connectivity index (χ4v) is 4.12. The van der Waals surface area contributed by atoms with Crippen molar-refractivity contribution >= 4 is 40.8 Å². The molecule has 3 amide bonds. The molecule has 1 aromatic heterocycles. The van der Waals surface area contributed by atoms with Gasteiger partial charge in [-0.2, -0.15) is 0 Å². The summed E-state index contributed by atoms with van der Waals surface area (Å²) in [5.41, 5.74) is 5.24. The molecule has 0 atom stereocenters. The first-order valence-corrected chi connectivity index (χ1v) is 10.4. The lowest BCUT2D eigenvalue weighted by molar-refractivity contribution is 0.0844. The summed E-state index contributed by atoms with van der Waals surface area (Å²) in [4.78, 5) is 42.2. The largest absolute Gasteiger partial charge is 0.436 e. The van der Waals surface area contributed by atoms with E-state index in [1.54, 1.807) is 28.5 Å². The predicted octanol–water partition coefficient (Wildman–Crippen LogP) is 2.82. The van der Waals surface area contributed by atoms with Crippen LogP contribution in [0.2, 0.25) is 5.02 Å². The number of thiazole rings is 1. The molecule has 2 heterocycles. The number of nitrogens with one attached hydrogen (secondary N) is 2. The van der Waals surface area contributed by atoms with Crippen molar-refractivity contribution in [3.63, 3.8) is 0 Å². The van der Waals surface area contributed by atoms with Gasteiger partial charge in [0.2, 0.25) is 0 Å². The fourth-order valence-electron chi connectivity index (χ4n) is 2.96. The third-order valence-corrected chi connectivity index (χ3v) is 5.75. The van der Waals surface area contributed by atoms with Crippen molar-refractivity contribution < 1.29 is 19.1 Å². The number of ether oxygens (including phenoxy) is 1. The standard InChI is InChI=1S/C20H19ClN4O4S/c1-2-10-29-20(28)25-8-6-13(7-9-25)19-22-16(12-30-19)18(27)24-23-17(26)14-4-3-5-15(21)11-14/h1,3-5,11-13H,6-10H2,(H,23,26)(H,24,27). The Morgan fingerprint density at radius 1 is 1.27 bits per heavy atom. The van der Waals surface area contributed by atoms with E-state index in [0.717, 1.165) is 5.01 Å². The Morgan fingerprint density at radius 2 is 2.00 bits per heavy atom. The number of nitrogens with zero attached hydrogens (tertiary/aromatic N) is 2. The minimum Gasteiger partial charge on any atom is -0.436 e. The predicted molar refractivity (Wildman–Crippen MR) is 112 cm³/mol. The Hall–Kier alpha value is -3.09. The number of benzene rings is 1. The van der Waals surface area contributed by atoms with E-state index in [0.29, 0.717) is 36.5 Å². The number of carbonyl (C=O) groups excluding carboxylic acids is 3. The summed E-state index contributed by atoms with van der Waals surface area (Å²) in [6.45, 7) is 1.02. The zero-order valence-corrected chi connectivity index (χ0v) is 17.5. The molecule has 30 heavy (non-hydrogen) atoms. The molecule has 1 aliphatic rings. The maximum Gasteiger partial charge on any atom is 0.410 e. The second-order valence-electron chi connectivity index (χ2n) is 6.51. The molecule has 2 aromatic rings. The Bertz CT molecular complexity index is 979. The maximum atomic E-state index is 12.3. The highest BCUT2D eigenvalue weighted by Crippen LogP contribution is 2.30. The van der Waals surface area contributed by atoms with Gasteiger partial charge in [0, 0.05) is 35.0 Å². The van der Waals surface area contributed by atoms with E-state index in [9.17, 15) is 14.4 Å². The van der Waals surface area contributed by atoms with Crippen LogP contribution in [0.1, 0.15) is 44.6 Å². The molecule has 0 radical (unpaired) electrons. The summed E-state index contributed by atoms with van der Waals surface area (Å²) in [5, 5.41) is 2.88. The number of halogens is 1. The Labute approximate surface area is 182 Å². The topological polar surface area (TPSA) is 101 Å². The summed E-state index contributed by atoms with van der Waals surface area (Å²) in [7, 11) is 0. The molecular formula is C20H19ClN4O4S. The zero-order valence-electron chi connectivity index (χ0n) is 15.9. The summed E-state index contributed by atoms with van der Waals surface area (Å²) in [5.74, 6) is 1.42. The lowest BCUT2D eigenvalue weighted by Gasteiger charge is -2.30. The number of hydrogen-bond acceptors (Lipinski definition) is 6. The molecule has 0 saturated carbocycles. The van der Waals surface area contributed by atoms with Crippen LogP contribution in [-0.4, -0.2) is 47.5 Å². The van der Waals surface area contributed by atoms with Gasteiger partial charge in [0.05, 0.1) is 5.01 Å². The number of amides is 3. The highest BCUT2D eigenvalue weighted by atomic mass is 35.5. The van der Waals surface area contributed by atoms with Crippen LogP contribution in [0.5, 0.6) is 0 Å². The monoisotopic (exact) mass is 446 g/mol. The second-order valence-corrected chi connectivity index (χ2v) is 7.84. The number of hydrogen-bond donors (Lipinski definition) is 2. The Morgan fingerprint density at radius 3 is 2.70 bits per heavy atom. The van der Waals surface area contributed by atoms with Crippen LogP contribution in [0, 0.1) is 12.3 Å². The number of hydrazine groups is 1. The average Bonchev–Trinajstić information content (AvgIpc) is 3.26. The van der Waals surface area contributed by atoms with E-state index < -0.39 is 17.9 Å². The third-order valence-electron chi connectivity index (χ3n) is 4.51. The van der Waals surface area contributed by atoms with E-state index in [-0.39, 0.29) is 18.2 Å². The average molecular weight is 447 g/mol. The van der Waals surface area contributed by atoms with Crippen molar-refractivity contribution in [1.29, 1.82) is 0 Å². The smallest absolute Gasteiger partial charge is 0.410 e. The number of carbonyl (C=O) groups is 3. The van der Waals surface area contributed by atoms with Gasteiger partial charge in [0.25, 0.3) is 11.8 Å². The third kappa shape index (κ3) is 5.49. The van der Waals surface area contributed by atoms with Crippen LogP contribution in [0.4, 0.5) is 4.79 Å². The number of aromatic nitrogens is 1. The van der Waals surface area contributed by atoms with Crippen molar-refractivity contribution in [2.45, 2.75) is 18.8 Å². The van der Waals surface area contributed by atoms with Gasteiger partial charge in [-0.05, 0) is 31.0 Å². The minimum absolute atomic E-state index is 0.0441. The molecular weight excluding hydrogens is 428 g/mol. The highest BCUT2D eigenvalue weighted by Gasteiger charge is 2.27. The van der Waals surface area contributed by atoms with Crippen molar-refractivity contribution in [3.05, 3.63) is 50.9 Å². The molecule has 8 nitrogen and oxygen atoms in total. The van der Waals surface area contributed by atoms with Gasteiger partial charge in [-0.25, -0.2) is 9.78 Å². The van der Waals surface area contributed by atoms with E-state index in [4.69, 9.17) is 22.8 Å². The van der Waals surface area contributed by atoms with Crippen molar-refractivity contribution in [3.8, 4) is 12.3 Å². The molecule has 1 fully saturated rings. The van der Waals surface area contributed by atoms with Crippen LogP contribution in [0.3, 0.4) is 0 Å². The van der Waals surface area contributed by atoms with E-state index in [1.807, 2.05) is 0 Å². The highest BCUT2D eigenvalue weighted by molar-refractivity contribution is 7.09.